The second-order valence-corrected chi connectivity index (χ2v) is 9.04. The fourth-order valence-corrected chi connectivity index (χ4v) is 4.03. The molecule has 0 atom stereocenters. The summed E-state index contributed by atoms with van der Waals surface area (Å²) in [5, 5.41) is 4.19. The molecule has 1 aromatic carbocycles. The Morgan fingerprint density at radius 1 is 1.21 bits per heavy atom. The third-order valence-electron chi connectivity index (χ3n) is 4.27. The highest BCUT2D eigenvalue weighted by Gasteiger charge is 2.13. The monoisotopic (exact) mass is 416 g/mol. The van der Waals surface area contributed by atoms with Crippen molar-refractivity contribution in [3.8, 4) is 0 Å². The first kappa shape index (κ1) is 20.7. The van der Waals surface area contributed by atoms with E-state index in [4.69, 9.17) is 11.6 Å². The Balaban J connectivity index is 1.94. The summed E-state index contributed by atoms with van der Waals surface area (Å²) < 4.78 is 1.60. The molecule has 0 aliphatic rings. The van der Waals surface area contributed by atoms with Crippen LogP contribution in [-0.4, -0.2) is 20.3 Å². The molecule has 2 aromatic heterocycles. The lowest BCUT2D eigenvalue weighted by Crippen LogP contribution is -2.23. The van der Waals surface area contributed by atoms with Gasteiger partial charge in [0.1, 0.15) is 10.7 Å². The molecule has 0 fully saturated rings. The van der Waals surface area contributed by atoms with E-state index in [0.717, 1.165) is 22.4 Å². The van der Waals surface area contributed by atoms with Gasteiger partial charge in [-0.25, -0.2) is 4.98 Å². The number of aryl methyl sites for hydroxylation is 1. The molecule has 3 rings (SSSR count). The molecule has 2 heterocycles. The summed E-state index contributed by atoms with van der Waals surface area (Å²) in [7, 11) is 0. The SMILES string of the molecule is Cc1cc(SCC(C)C)ccc1Nc1ncc2cc(Cl)c(=O)n(C(C)C)c2n1. The van der Waals surface area contributed by atoms with Gasteiger partial charge in [0.05, 0.1) is 0 Å². The maximum atomic E-state index is 12.4. The summed E-state index contributed by atoms with van der Waals surface area (Å²) in [5.41, 5.74) is 2.40. The Morgan fingerprint density at radius 3 is 2.61 bits per heavy atom. The number of aromatic nitrogens is 3. The van der Waals surface area contributed by atoms with Gasteiger partial charge in [0.25, 0.3) is 5.56 Å². The molecule has 7 heteroatoms. The van der Waals surface area contributed by atoms with Crippen LogP contribution in [0.15, 0.2) is 40.2 Å². The summed E-state index contributed by atoms with van der Waals surface area (Å²) in [6.07, 6.45) is 1.69. The van der Waals surface area contributed by atoms with E-state index < -0.39 is 0 Å². The molecule has 0 spiro atoms. The summed E-state index contributed by atoms with van der Waals surface area (Å²) in [5.74, 6) is 2.20. The highest BCUT2D eigenvalue weighted by Crippen LogP contribution is 2.27. The Bertz CT molecular complexity index is 1060. The van der Waals surface area contributed by atoms with Gasteiger partial charge < -0.3 is 5.32 Å². The van der Waals surface area contributed by atoms with Crippen LogP contribution < -0.4 is 10.9 Å². The van der Waals surface area contributed by atoms with E-state index in [1.165, 1.54) is 4.90 Å². The summed E-state index contributed by atoms with van der Waals surface area (Å²) in [6, 6.07) is 7.88. The Labute approximate surface area is 174 Å². The van der Waals surface area contributed by atoms with Gasteiger partial charge in [-0.2, -0.15) is 4.98 Å². The van der Waals surface area contributed by atoms with Crippen LogP contribution in [0.25, 0.3) is 11.0 Å². The number of halogens is 1. The predicted octanol–water partition coefficient (Wildman–Crippen LogP) is 5.83. The molecule has 0 aliphatic heterocycles. The Kier molecular flexibility index (Phi) is 6.30. The molecule has 1 N–H and O–H groups in total. The molecule has 0 aliphatic carbocycles. The van der Waals surface area contributed by atoms with Gasteiger partial charge in [-0.3, -0.25) is 9.36 Å². The number of pyridine rings is 1. The number of thioether (sulfide) groups is 1. The van der Waals surface area contributed by atoms with Crippen molar-refractivity contribution in [1.29, 1.82) is 0 Å². The average Bonchev–Trinajstić information content (AvgIpc) is 2.63. The molecule has 5 nitrogen and oxygen atoms in total. The van der Waals surface area contributed by atoms with E-state index in [2.05, 4.69) is 48.2 Å². The number of nitrogens with zero attached hydrogens (tertiary/aromatic N) is 3. The minimum atomic E-state index is -0.239. The van der Waals surface area contributed by atoms with E-state index >= 15 is 0 Å². The van der Waals surface area contributed by atoms with Crippen LogP contribution in [0, 0.1) is 12.8 Å². The largest absolute Gasteiger partial charge is 0.324 e. The van der Waals surface area contributed by atoms with E-state index in [0.29, 0.717) is 17.5 Å². The summed E-state index contributed by atoms with van der Waals surface area (Å²) in [4.78, 5) is 22.7. The standard InChI is InChI=1S/C21H25ClN4OS/c1-12(2)11-28-16-6-7-18(14(5)8-16)24-21-23-10-15-9-17(22)20(27)26(13(3)4)19(15)25-21/h6-10,12-13H,11H2,1-5H3,(H,23,24,25). The molecule has 0 saturated carbocycles. The second-order valence-electron chi connectivity index (χ2n) is 7.54. The van der Waals surface area contributed by atoms with Crippen molar-refractivity contribution in [3.05, 3.63) is 51.4 Å². The first-order chi connectivity index (χ1) is 13.3. The van der Waals surface area contributed by atoms with E-state index in [9.17, 15) is 4.79 Å². The zero-order valence-corrected chi connectivity index (χ0v) is 18.4. The number of hydrogen-bond donors (Lipinski definition) is 1. The Morgan fingerprint density at radius 2 is 1.96 bits per heavy atom. The van der Waals surface area contributed by atoms with Gasteiger partial charge in [-0.15, -0.1) is 11.8 Å². The van der Waals surface area contributed by atoms with Crippen LogP contribution in [0.2, 0.25) is 5.02 Å². The molecule has 3 aromatic rings. The van der Waals surface area contributed by atoms with Crippen molar-refractivity contribution in [1.82, 2.24) is 14.5 Å². The molecule has 0 saturated heterocycles. The molecule has 148 valence electrons. The number of rotatable bonds is 6. The first-order valence-electron chi connectivity index (χ1n) is 9.34. The lowest BCUT2D eigenvalue weighted by atomic mass is 10.2. The van der Waals surface area contributed by atoms with Crippen LogP contribution in [0.5, 0.6) is 0 Å². The van der Waals surface area contributed by atoms with E-state index in [1.807, 2.05) is 31.7 Å². The highest BCUT2D eigenvalue weighted by atomic mass is 35.5. The molecule has 0 bridgehead atoms. The molecule has 28 heavy (non-hydrogen) atoms. The molecule has 0 radical (unpaired) electrons. The van der Waals surface area contributed by atoms with Crippen molar-refractivity contribution in [2.24, 2.45) is 5.92 Å². The van der Waals surface area contributed by atoms with Gasteiger partial charge in [-0.1, -0.05) is 25.4 Å². The smallest absolute Gasteiger partial charge is 0.271 e. The molecular weight excluding hydrogens is 392 g/mol. The van der Waals surface area contributed by atoms with Crippen LogP contribution >= 0.6 is 23.4 Å². The van der Waals surface area contributed by atoms with Gasteiger partial charge in [0.2, 0.25) is 5.95 Å². The van der Waals surface area contributed by atoms with Gasteiger partial charge in [-0.05, 0) is 56.5 Å². The third kappa shape index (κ3) is 4.50. The normalized spacial score (nSPS) is 11.6. The maximum Gasteiger partial charge on any atom is 0.271 e. The third-order valence-corrected chi connectivity index (χ3v) is 5.96. The minimum absolute atomic E-state index is 0.0598. The average molecular weight is 417 g/mol. The number of fused-ring (bicyclic) bond motifs is 1. The van der Waals surface area contributed by atoms with Crippen LogP contribution in [0.4, 0.5) is 11.6 Å². The predicted molar refractivity (Wildman–Crippen MR) is 119 cm³/mol. The molecular formula is C21H25ClN4OS. The highest BCUT2D eigenvalue weighted by molar-refractivity contribution is 7.99. The summed E-state index contributed by atoms with van der Waals surface area (Å²) in [6.45, 7) is 10.4. The zero-order chi connectivity index (χ0) is 20.4. The van der Waals surface area contributed by atoms with Gasteiger partial charge >= 0.3 is 0 Å². The van der Waals surface area contributed by atoms with Crippen LogP contribution in [0.3, 0.4) is 0 Å². The van der Waals surface area contributed by atoms with Crippen LogP contribution in [-0.2, 0) is 0 Å². The van der Waals surface area contributed by atoms with Crippen molar-refractivity contribution in [2.45, 2.75) is 45.6 Å². The molecule has 0 unspecified atom stereocenters. The second kappa shape index (κ2) is 8.53. The topological polar surface area (TPSA) is 59.8 Å². The summed E-state index contributed by atoms with van der Waals surface area (Å²) >= 11 is 7.94. The minimum Gasteiger partial charge on any atom is -0.324 e. The van der Waals surface area contributed by atoms with E-state index in [1.54, 1.807) is 16.8 Å². The van der Waals surface area contributed by atoms with Gasteiger partial charge in [0.15, 0.2) is 0 Å². The van der Waals surface area contributed by atoms with E-state index in [-0.39, 0.29) is 16.6 Å². The fraction of sp³-hybridized carbons (Fsp3) is 0.381. The lowest BCUT2D eigenvalue weighted by molar-refractivity contribution is 0.595. The quantitative estimate of drug-likeness (QED) is 0.512. The Hall–Kier alpha value is -2.05. The van der Waals surface area contributed by atoms with Crippen molar-refractivity contribution < 1.29 is 0 Å². The number of nitrogens with one attached hydrogen (secondary N) is 1. The number of anilines is 2. The number of benzene rings is 1. The van der Waals surface area contributed by atoms with Gasteiger partial charge in [0, 0.05) is 34.0 Å². The van der Waals surface area contributed by atoms with Crippen LogP contribution in [0.1, 0.15) is 39.3 Å². The van der Waals surface area contributed by atoms with Crippen molar-refractivity contribution in [3.63, 3.8) is 0 Å². The zero-order valence-electron chi connectivity index (χ0n) is 16.8. The maximum absolute atomic E-state index is 12.4. The fourth-order valence-electron chi connectivity index (χ4n) is 2.88. The van der Waals surface area contributed by atoms with Crippen molar-refractivity contribution >= 4 is 46.0 Å². The first-order valence-corrected chi connectivity index (χ1v) is 10.7. The lowest BCUT2D eigenvalue weighted by Gasteiger charge is -2.15. The number of hydrogen-bond acceptors (Lipinski definition) is 5. The molecule has 0 amide bonds. The van der Waals surface area contributed by atoms with Crippen molar-refractivity contribution in [2.75, 3.05) is 11.1 Å².